The number of nitrogens with one attached hydrogen (secondary N) is 2. The number of anilines is 1. The first-order chi connectivity index (χ1) is 12.3. The zero-order valence-corrected chi connectivity index (χ0v) is 14.4. The summed E-state index contributed by atoms with van der Waals surface area (Å²) in [5, 5.41) is 12.5. The molecule has 0 bridgehead atoms. The molecule has 3 aromatic rings. The number of amides is 1. The van der Waals surface area contributed by atoms with Crippen LogP contribution in [-0.2, 0) is 11.2 Å². The van der Waals surface area contributed by atoms with Gasteiger partial charge in [0.15, 0.2) is 11.6 Å². The van der Waals surface area contributed by atoms with Crippen LogP contribution in [0.5, 0.6) is 0 Å². The van der Waals surface area contributed by atoms with Crippen LogP contribution >= 0.6 is 23.2 Å². The molecule has 0 atom stereocenters. The molecule has 0 aliphatic carbocycles. The number of carboxylic acid groups (broad SMARTS) is 1. The Bertz CT molecular complexity index is 1050. The van der Waals surface area contributed by atoms with Crippen molar-refractivity contribution in [1.29, 1.82) is 0 Å². The van der Waals surface area contributed by atoms with E-state index in [0.717, 1.165) is 6.07 Å². The Morgan fingerprint density at radius 2 is 1.85 bits per heavy atom. The lowest BCUT2D eigenvalue weighted by atomic mass is 10.1. The summed E-state index contributed by atoms with van der Waals surface area (Å²) in [5.74, 6) is -4.28. The first-order valence-electron chi connectivity index (χ1n) is 7.24. The fraction of sp³-hybridized carbons (Fsp3) is 0.0588. The molecule has 1 heterocycles. The number of hydrogen-bond donors (Lipinski definition) is 3. The highest BCUT2D eigenvalue weighted by Crippen LogP contribution is 2.28. The molecule has 0 spiro atoms. The van der Waals surface area contributed by atoms with Crippen molar-refractivity contribution < 1.29 is 23.5 Å². The van der Waals surface area contributed by atoms with E-state index < -0.39 is 23.5 Å². The molecule has 3 N–H and O–H groups in total. The lowest BCUT2D eigenvalue weighted by molar-refractivity contribution is -0.115. The van der Waals surface area contributed by atoms with Gasteiger partial charge in [0.05, 0.1) is 22.0 Å². The Hall–Kier alpha value is -2.64. The molecule has 1 aromatic heterocycles. The highest BCUT2D eigenvalue weighted by atomic mass is 35.5. The summed E-state index contributed by atoms with van der Waals surface area (Å²) in [6.45, 7) is 0. The van der Waals surface area contributed by atoms with Crippen LogP contribution < -0.4 is 5.32 Å². The molecule has 26 heavy (non-hydrogen) atoms. The van der Waals surface area contributed by atoms with E-state index >= 15 is 0 Å². The smallest absolute Gasteiger partial charge is 0.352 e. The summed E-state index contributed by atoms with van der Waals surface area (Å²) in [7, 11) is 0. The van der Waals surface area contributed by atoms with Gasteiger partial charge < -0.3 is 15.4 Å². The average Bonchev–Trinajstić information content (AvgIpc) is 2.94. The fourth-order valence-corrected chi connectivity index (χ4v) is 2.86. The molecule has 0 unspecified atom stereocenters. The van der Waals surface area contributed by atoms with Gasteiger partial charge in [-0.05, 0) is 30.3 Å². The largest absolute Gasteiger partial charge is 0.477 e. The molecule has 134 valence electrons. The van der Waals surface area contributed by atoms with Crippen molar-refractivity contribution in [3.05, 3.63) is 63.3 Å². The number of aromatic amines is 1. The number of carboxylic acids is 1. The minimum atomic E-state index is -1.39. The van der Waals surface area contributed by atoms with Crippen molar-refractivity contribution in [3.8, 4) is 0 Å². The summed E-state index contributed by atoms with van der Waals surface area (Å²) in [5.41, 5.74) is -0.282. The molecule has 3 rings (SSSR count). The molecule has 1 amide bonds. The van der Waals surface area contributed by atoms with Gasteiger partial charge in [0.2, 0.25) is 5.91 Å². The van der Waals surface area contributed by atoms with Crippen molar-refractivity contribution >= 4 is 51.7 Å². The fourth-order valence-electron chi connectivity index (χ4n) is 2.57. The van der Waals surface area contributed by atoms with E-state index in [0.29, 0.717) is 10.7 Å². The van der Waals surface area contributed by atoms with Gasteiger partial charge in [0, 0.05) is 16.6 Å². The maximum Gasteiger partial charge on any atom is 0.352 e. The van der Waals surface area contributed by atoms with Gasteiger partial charge in [-0.15, -0.1) is 0 Å². The third kappa shape index (κ3) is 3.36. The molecular weight excluding hydrogens is 389 g/mol. The van der Waals surface area contributed by atoms with Crippen LogP contribution in [0.25, 0.3) is 10.9 Å². The summed E-state index contributed by atoms with van der Waals surface area (Å²) < 4.78 is 27.3. The molecule has 2 aromatic carbocycles. The van der Waals surface area contributed by atoms with E-state index in [-0.39, 0.29) is 33.6 Å². The van der Waals surface area contributed by atoms with Gasteiger partial charge in [-0.2, -0.15) is 0 Å². The van der Waals surface area contributed by atoms with E-state index in [1.54, 1.807) is 0 Å². The first kappa shape index (κ1) is 18.2. The number of carbonyl (C=O) groups is 2. The number of benzene rings is 2. The van der Waals surface area contributed by atoms with Gasteiger partial charge in [-0.25, -0.2) is 13.6 Å². The number of aromatic nitrogens is 1. The average molecular weight is 399 g/mol. The van der Waals surface area contributed by atoms with Gasteiger partial charge in [-0.1, -0.05) is 23.2 Å². The van der Waals surface area contributed by atoms with Crippen molar-refractivity contribution in [1.82, 2.24) is 4.98 Å². The van der Waals surface area contributed by atoms with Crippen molar-refractivity contribution in [3.63, 3.8) is 0 Å². The Kier molecular flexibility index (Phi) is 4.84. The minimum Gasteiger partial charge on any atom is -0.477 e. The van der Waals surface area contributed by atoms with Crippen LogP contribution in [0.3, 0.4) is 0 Å². The molecule has 5 nitrogen and oxygen atoms in total. The van der Waals surface area contributed by atoms with Crippen molar-refractivity contribution in [2.45, 2.75) is 6.42 Å². The second-order valence-corrected chi connectivity index (χ2v) is 6.24. The number of aromatic carboxylic acids is 1. The number of hydrogen-bond acceptors (Lipinski definition) is 2. The summed E-state index contributed by atoms with van der Waals surface area (Å²) >= 11 is 11.7. The highest BCUT2D eigenvalue weighted by molar-refractivity contribution is 6.42. The van der Waals surface area contributed by atoms with Gasteiger partial charge >= 0.3 is 5.97 Å². The molecule has 0 radical (unpaired) electrons. The number of halogens is 4. The summed E-state index contributed by atoms with van der Waals surface area (Å²) in [4.78, 5) is 26.0. The molecule has 9 heteroatoms. The Labute approximate surface area is 155 Å². The van der Waals surface area contributed by atoms with Gasteiger partial charge in [0.25, 0.3) is 0 Å². The Morgan fingerprint density at radius 1 is 1.12 bits per heavy atom. The topological polar surface area (TPSA) is 82.2 Å². The summed E-state index contributed by atoms with van der Waals surface area (Å²) in [6.07, 6.45) is -0.368. The normalized spacial score (nSPS) is 10.9. The van der Waals surface area contributed by atoms with E-state index in [4.69, 9.17) is 23.2 Å². The van der Waals surface area contributed by atoms with Crippen molar-refractivity contribution in [2.75, 3.05) is 5.32 Å². The quantitative estimate of drug-likeness (QED) is 0.598. The SMILES string of the molecule is O=C(Cc1c(C(=O)O)[nH]c2c(F)c(F)ccc12)Nc1ccc(Cl)c(Cl)c1. The second kappa shape index (κ2) is 6.93. The van der Waals surface area contributed by atoms with Gasteiger partial charge in [-0.3, -0.25) is 4.79 Å². The highest BCUT2D eigenvalue weighted by Gasteiger charge is 2.22. The van der Waals surface area contributed by atoms with E-state index in [1.165, 1.54) is 24.3 Å². The molecule has 0 saturated carbocycles. The number of rotatable bonds is 4. The number of carbonyl (C=O) groups excluding carboxylic acids is 1. The lowest BCUT2D eigenvalue weighted by Crippen LogP contribution is -2.16. The summed E-state index contributed by atoms with van der Waals surface area (Å²) in [6, 6.07) is 6.54. The van der Waals surface area contributed by atoms with Crippen LogP contribution in [-0.4, -0.2) is 22.0 Å². The van der Waals surface area contributed by atoms with Crippen molar-refractivity contribution in [2.24, 2.45) is 0 Å². The second-order valence-electron chi connectivity index (χ2n) is 5.42. The minimum absolute atomic E-state index is 0.0453. The Balaban J connectivity index is 1.95. The van der Waals surface area contributed by atoms with E-state index in [9.17, 15) is 23.5 Å². The zero-order valence-electron chi connectivity index (χ0n) is 12.9. The van der Waals surface area contributed by atoms with E-state index in [2.05, 4.69) is 10.3 Å². The standard InChI is InChI=1S/C17H10Cl2F2N2O3/c18-10-3-1-7(5-11(10)19)22-13(24)6-9-8-2-4-12(20)14(21)15(8)23-16(9)17(25)26/h1-5,23H,6H2,(H,22,24)(H,25,26). The van der Waals surface area contributed by atoms with Crippen LogP contribution in [0, 0.1) is 11.6 Å². The van der Waals surface area contributed by atoms with Crippen LogP contribution in [0.2, 0.25) is 10.0 Å². The molecule has 0 aliphatic rings. The molecule has 0 fully saturated rings. The zero-order chi connectivity index (χ0) is 19.0. The van der Waals surface area contributed by atoms with E-state index in [1.807, 2.05) is 0 Å². The number of fused-ring (bicyclic) bond motifs is 1. The van der Waals surface area contributed by atoms with Crippen LogP contribution in [0.4, 0.5) is 14.5 Å². The maximum atomic E-state index is 13.9. The molecule has 0 aliphatic heterocycles. The first-order valence-corrected chi connectivity index (χ1v) is 8.00. The monoisotopic (exact) mass is 398 g/mol. The predicted molar refractivity (Wildman–Crippen MR) is 94.0 cm³/mol. The maximum absolute atomic E-state index is 13.9. The molecule has 0 saturated heterocycles. The third-order valence-corrected chi connectivity index (χ3v) is 4.47. The van der Waals surface area contributed by atoms with Crippen LogP contribution in [0.1, 0.15) is 16.1 Å². The van der Waals surface area contributed by atoms with Crippen LogP contribution in [0.15, 0.2) is 30.3 Å². The molecular formula is C17H10Cl2F2N2O3. The lowest BCUT2D eigenvalue weighted by Gasteiger charge is -2.07. The van der Waals surface area contributed by atoms with Gasteiger partial charge in [0.1, 0.15) is 5.69 Å². The predicted octanol–water partition coefficient (Wildman–Crippen LogP) is 4.63. The number of H-pyrrole nitrogens is 1. The Morgan fingerprint density at radius 3 is 2.50 bits per heavy atom. The third-order valence-electron chi connectivity index (χ3n) is 3.73.